The van der Waals surface area contributed by atoms with E-state index in [9.17, 15) is 24.6 Å². The highest BCUT2D eigenvalue weighted by Crippen LogP contribution is 2.39. The Morgan fingerprint density at radius 3 is 2.63 bits per heavy atom. The number of carbonyl (C=O) groups is 1. The van der Waals surface area contributed by atoms with E-state index < -0.39 is 11.9 Å². The molecule has 0 amide bonds. The Hall–Kier alpha value is -4.85. The molecule has 1 aliphatic rings. The number of fused-ring (bicyclic) bond motifs is 1. The molecule has 2 aromatic heterocycles. The molecule has 1 atom stereocenters. The van der Waals surface area contributed by atoms with Gasteiger partial charge >= 0.3 is 5.97 Å². The lowest BCUT2D eigenvalue weighted by Crippen LogP contribution is -2.26. The summed E-state index contributed by atoms with van der Waals surface area (Å²) in [4.78, 5) is 39.8. The molecule has 0 saturated carbocycles. The molecular formula is C30H23NO7. The van der Waals surface area contributed by atoms with E-state index in [1.54, 1.807) is 22.8 Å². The van der Waals surface area contributed by atoms with Crippen LogP contribution in [0.15, 0.2) is 80.9 Å². The van der Waals surface area contributed by atoms with Crippen molar-refractivity contribution in [3.8, 4) is 22.6 Å². The van der Waals surface area contributed by atoms with Crippen molar-refractivity contribution < 1.29 is 24.2 Å². The van der Waals surface area contributed by atoms with Gasteiger partial charge in [-0.3, -0.25) is 14.4 Å². The fraction of sp³-hybridized carbons (Fsp3) is 0.167. The molecule has 1 aliphatic heterocycles. The van der Waals surface area contributed by atoms with Gasteiger partial charge in [0, 0.05) is 23.6 Å². The number of aromatic nitrogens is 1. The first-order valence-electron chi connectivity index (χ1n) is 12.2. The minimum absolute atomic E-state index is 0.0638. The van der Waals surface area contributed by atoms with E-state index in [4.69, 9.17) is 9.15 Å². The van der Waals surface area contributed by atoms with Crippen LogP contribution in [0.4, 0.5) is 0 Å². The number of carbonyl (C=O) groups excluding carboxylic acids is 1. The van der Waals surface area contributed by atoms with Gasteiger partial charge in [0.15, 0.2) is 0 Å². The van der Waals surface area contributed by atoms with Crippen LogP contribution in [0, 0.1) is 0 Å². The molecule has 0 unspecified atom stereocenters. The zero-order chi connectivity index (χ0) is 26.6. The van der Waals surface area contributed by atoms with Gasteiger partial charge in [-0.1, -0.05) is 30.3 Å². The molecule has 3 heterocycles. The predicted molar refractivity (Wildman–Crippen MR) is 142 cm³/mol. The van der Waals surface area contributed by atoms with Gasteiger partial charge in [0.25, 0.3) is 5.56 Å². The van der Waals surface area contributed by atoms with Crippen LogP contribution in [-0.2, 0) is 22.5 Å². The number of hydrogen-bond donors (Lipinski definition) is 2. The molecule has 190 valence electrons. The van der Waals surface area contributed by atoms with Crippen LogP contribution in [0.1, 0.15) is 29.0 Å². The number of nitrogens with zero attached hydrogens (tertiary/aromatic N) is 1. The van der Waals surface area contributed by atoms with Crippen molar-refractivity contribution in [3.05, 3.63) is 104 Å². The third-order valence-electron chi connectivity index (χ3n) is 7.29. The average molecular weight is 510 g/mol. The molecule has 0 saturated heterocycles. The number of aromatic hydroxyl groups is 2. The van der Waals surface area contributed by atoms with Crippen molar-refractivity contribution in [2.24, 2.45) is 0 Å². The Balaban J connectivity index is 1.61. The number of esters is 1. The third kappa shape index (κ3) is 3.64. The lowest BCUT2D eigenvalue weighted by molar-refractivity contribution is -0.140. The smallest absolute Gasteiger partial charge is 0.306 e. The van der Waals surface area contributed by atoms with Crippen LogP contribution in [0.2, 0.25) is 0 Å². The second kappa shape index (κ2) is 8.92. The van der Waals surface area contributed by atoms with Crippen molar-refractivity contribution in [1.29, 1.82) is 0 Å². The minimum Gasteiger partial charge on any atom is -0.508 e. The number of para-hydroxylation sites is 1. The van der Waals surface area contributed by atoms with Crippen LogP contribution in [0.3, 0.4) is 0 Å². The van der Waals surface area contributed by atoms with E-state index in [0.29, 0.717) is 17.7 Å². The Morgan fingerprint density at radius 2 is 1.87 bits per heavy atom. The van der Waals surface area contributed by atoms with Crippen molar-refractivity contribution in [3.63, 3.8) is 0 Å². The second-order valence-electron chi connectivity index (χ2n) is 9.39. The SMILES string of the molecule is COC(=O)C[C@H](c1cc2cccc3c2n(c1=O)CC3)c1c(O)ccc2c(=O)c(-c3ccc(O)cc3)coc12. The number of pyridine rings is 1. The Labute approximate surface area is 216 Å². The number of phenolic OH excluding ortho intramolecular Hbond substituents is 2. The van der Waals surface area contributed by atoms with E-state index in [2.05, 4.69) is 0 Å². The molecule has 3 aromatic carbocycles. The summed E-state index contributed by atoms with van der Waals surface area (Å²) < 4.78 is 12.6. The van der Waals surface area contributed by atoms with Crippen LogP contribution in [0.5, 0.6) is 11.5 Å². The van der Waals surface area contributed by atoms with Gasteiger partial charge < -0.3 is 23.9 Å². The van der Waals surface area contributed by atoms with Gasteiger partial charge in [-0.05, 0) is 53.3 Å². The maximum Gasteiger partial charge on any atom is 0.306 e. The van der Waals surface area contributed by atoms with Crippen molar-refractivity contribution in [2.75, 3.05) is 7.11 Å². The highest BCUT2D eigenvalue weighted by atomic mass is 16.5. The van der Waals surface area contributed by atoms with E-state index >= 15 is 0 Å². The number of methoxy groups -OCH3 is 1. The average Bonchev–Trinajstić information content (AvgIpc) is 3.36. The summed E-state index contributed by atoms with van der Waals surface area (Å²) in [7, 11) is 1.26. The maximum absolute atomic E-state index is 13.7. The largest absolute Gasteiger partial charge is 0.508 e. The topological polar surface area (TPSA) is 119 Å². The quantitative estimate of drug-likeness (QED) is 0.336. The van der Waals surface area contributed by atoms with Crippen molar-refractivity contribution in [1.82, 2.24) is 4.57 Å². The van der Waals surface area contributed by atoms with Gasteiger partial charge in [0.2, 0.25) is 5.43 Å². The van der Waals surface area contributed by atoms with Gasteiger partial charge in [0.1, 0.15) is 23.3 Å². The lowest BCUT2D eigenvalue weighted by atomic mass is 9.86. The summed E-state index contributed by atoms with van der Waals surface area (Å²) in [6, 6.07) is 16.5. The zero-order valence-corrected chi connectivity index (χ0v) is 20.4. The number of hydrogen-bond acceptors (Lipinski definition) is 7. The maximum atomic E-state index is 13.7. The summed E-state index contributed by atoms with van der Waals surface area (Å²) in [5.74, 6) is -1.65. The second-order valence-corrected chi connectivity index (χ2v) is 9.39. The number of phenols is 2. The zero-order valence-electron chi connectivity index (χ0n) is 20.4. The Bertz CT molecular complexity index is 1870. The molecular weight excluding hydrogens is 486 g/mol. The third-order valence-corrected chi connectivity index (χ3v) is 7.29. The highest BCUT2D eigenvalue weighted by molar-refractivity contribution is 5.89. The molecule has 0 bridgehead atoms. The number of aryl methyl sites for hydroxylation is 2. The molecule has 2 N–H and O–H groups in total. The van der Waals surface area contributed by atoms with E-state index in [1.165, 1.54) is 37.6 Å². The predicted octanol–water partition coefficient (Wildman–Crippen LogP) is 4.44. The summed E-state index contributed by atoms with van der Waals surface area (Å²) in [6.45, 7) is 0.514. The fourth-order valence-electron chi connectivity index (χ4n) is 5.45. The molecule has 8 nitrogen and oxygen atoms in total. The lowest BCUT2D eigenvalue weighted by Gasteiger charge is -2.20. The van der Waals surface area contributed by atoms with Crippen molar-refractivity contribution in [2.45, 2.75) is 25.3 Å². The minimum atomic E-state index is -0.932. The number of ether oxygens (including phenoxy) is 1. The Morgan fingerprint density at radius 1 is 1.08 bits per heavy atom. The molecule has 38 heavy (non-hydrogen) atoms. The molecule has 0 radical (unpaired) electrons. The summed E-state index contributed by atoms with van der Waals surface area (Å²) in [5.41, 5.74) is 2.69. The van der Waals surface area contributed by atoms with Gasteiger partial charge in [-0.2, -0.15) is 0 Å². The molecule has 0 aliphatic carbocycles. The molecule has 5 aromatic rings. The molecule has 6 rings (SSSR count). The van der Waals surface area contributed by atoms with Gasteiger partial charge in [0.05, 0.1) is 30.0 Å². The monoisotopic (exact) mass is 509 g/mol. The summed E-state index contributed by atoms with van der Waals surface area (Å²) in [6.07, 6.45) is 1.77. The normalized spacial score (nSPS) is 13.2. The van der Waals surface area contributed by atoms with Crippen LogP contribution >= 0.6 is 0 Å². The first-order chi connectivity index (χ1) is 18.4. The summed E-state index contributed by atoms with van der Waals surface area (Å²) >= 11 is 0. The van der Waals surface area contributed by atoms with E-state index in [0.717, 1.165) is 22.9 Å². The van der Waals surface area contributed by atoms with E-state index in [1.807, 2.05) is 18.2 Å². The van der Waals surface area contributed by atoms with Crippen LogP contribution in [-0.4, -0.2) is 27.9 Å². The summed E-state index contributed by atoms with van der Waals surface area (Å²) in [5, 5.41) is 21.7. The van der Waals surface area contributed by atoms with E-state index in [-0.39, 0.29) is 51.0 Å². The van der Waals surface area contributed by atoms with Crippen LogP contribution in [0.25, 0.3) is 33.0 Å². The van der Waals surface area contributed by atoms with Gasteiger partial charge in [-0.25, -0.2) is 0 Å². The first kappa shape index (κ1) is 23.5. The van der Waals surface area contributed by atoms with Gasteiger partial charge in [-0.15, -0.1) is 0 Å². The standard InChI is InChI=1S/C30H23NO7/c1-37-25(34)14-21(22-13-18-4-2-3-17-11-12-31(27(17)18)30(22)36)26-24(33)10-9-20-28(35)23(15-38-29(20)26)16-5-7-19(32)8-6-16/h2-10,13,15,21,32-33H,11-12,14H2,1H3/t21-/m1/s1. The molecule has 8 heteroatoms. The van der Waals surface area contributed by atoms with Crippen molar-refractivity contribution >= 4 is 27.8 Å². The first-order valence-corrected chi connectivity index (χ1v) is 12.2. The number of rotatable bonds is 5. The highest BCUT2D eigenvalue weighted by Gasteiger charge is 2.30. The molecule has 0 fully saturated rings. The fourth-order valence-corrected chi connectivity index (χ4v) is 5.45. The molecule has 0 spiro atoms. The van der Waals surface area contributed by atoms with Crippen LogP contribution < -0.4 is 11.0 Å². The number of benzene rings is 3. The Kier molecular flexibility index (Phi) is 5.52.